The second-order valence-electron chi connectivity index (χ2n) is 6.33. The Morgan fingerprint density at radius 1 is 1.15 bits per heavy atom. The van der Waals surface area contributed by atoms with Crippen molar-refractivity contribution in [2.75, 3.05) is 25.0 Å². The lowest BCUT2D eigenvalue weighted by molar-refractivity contribution is 0.0719. The van der Waals surface area contributed by atoms with E-state index in [1.54, 1.807) is 36.1 Å². The highest BCUT2D eigenvalue weighted by molar-refractivity contribution is 6.05. The Bertz CT molecular complexity index is 808. The number of anilines is 1. The second kappa shape index (κ2) is 9.83. The average molecular weight is 372 g/mol. The minimum absolute atomic E-state index is 0.0570. The fraction of sp³-hybridized carbons (Fsp3) is 0.333. The normalized spacial score (nSPS) is 10.5. The van der Waals surface area contributed by atoms with Gasteiger partial charge in [0, 0.05) is 24.3 Å². The number of nitrogens with zero attached hydrogens (tertiary/aromatic N) is 1. The van der Waals surface area contributed by atoms with Gasteiger partial charge in [-0.2, -0.15) is 0 Å². The highest BCUT2D eigenvalue weighted by Crippen LogP contribution is 2.20. The Morgan fingerprint density at radius 2 is 1.89 bits per heavy atom. The Hall–Kier alpha value is -2.73. The molecule has 6 heteroatoms. The van der Waals surface area contributed by atoms with Gasteiger partial charge >= 0.3 is 0 Å². The molecule has 0 spiro atoms. The molecule has 0 aliphatic carbocycles. The molecule has 0 saturated heterocycles. The highest BCUT2D eigenvalue weighted by atomic mass is 19.1. The third-order valence-corrected chi connectivity index (χ3v) is 4.29. The molecule has 0 aliphatic heterocycles. The van der Waals surface area contributed by atoms with Crippen molar-refractivity contribution in [2.24, 2.45) is 0 Å². The molecule has 0 bridgehead atoms. The number of amides is 2. The Balaban J connectivity index is 2.23. The number of carbonyl (C=O) groups is 2. The van der Waals surface area contributed by atoms with Crippen LogP contribution in [-0.4, -0.2) is 41.5 Å². The monoisotopic (exact) mass is 372 g/mol. The predicted octanol–water partition coefficient (Wildman–Crippen LogP) is 3.62. The topological polar surface area (TPSA) is 69.6 Å². The van der Waals surface area contributed by atoms with Crippen molar-refractivity contribution < 1.29 is 19.1 Å². The summed E-state index contributed by atoms with van der Waals surface area (Å²) in [5, 5.41) is 11.9. The van der Waals surface area contributed by atoms with E-state index in [2.05, 4.69) is 5.32 Å². The summed E-state index contributed by atoms with van der Waals surface area (Å²) in [6.45, 7) is 4.53. The number of hydrogen-bond acceptors (Lipinski definition) is 3. The van der Waals surface area contributed by atoms with Gasteiger partial charge in [0.05, 0.1) is 12.2 Å². The summed E-state index contributed by atoms with van der Waals surface area (Å²) < 4.78 is 13.8. The zero-order chi connectivity index (χ0) is 19.8. The van der Waals surface area contributed by atoms with Gasteiger partial charge in [-0.05, 0) is 43.2 Å². The molecule has 27 heavy (non-hydrogen) atoms. The molecule has 0 fully saturated rings. The molecule has 0 radical (unpaired) electrons. The van der Waals surface area contributed by atoms with Gasteiger partial charge in [0.15, 0.2) is 0 Å². The van der Waals surface area contributed by atoms with Gasteiger partial charge in [0.25, 0.3) is 11.8 Å². The van der Waals surface area contributed by atoms with Gasteiger partial charge in [0.2, 0.25) is 0 Å². The van der Waals surface area contributed by atoms with E-state index in [9.17, 15) is 19.1 Å². The highest BCUT2D eigenvalue weighted by Gasteiger charge is 2.17. The number of aliphatic hydroxyl groups is 1. The number of unbranched alkanes of at least 4 members (excludes halogenated alkanes) is 1. The number of halogens is 1. The van der Waals surface area contributed by atoms with Crippen molar-refractivity contribution in [3.05, 3.63) is 65.0 Å². The lowest BCUT2D eigenvalue weighted by Crippen LogP contribution is -2.34. The zero-order valence-corrected chi connectivity index (χ0v) is 15.7. The number of carbonyl (C=O) groups excluding carboxylic acids is 2. The van der Waals surface area contributed by atoms with Crippen molar-refractivity contribution in [1.29, 1.82) is 0 Å². The molecule has 2 aromatic carbocycles. The van der Waals surface area contributed by atoms with Gasteiger partial charge in [0.1, 0.15) is 5.82 Å². The van der Waals surface area contributed by atoms with Crippen LogP contribution >= 0.6 is 0 Å². The van der Waals surface area contributed by atoms with Crippen molar-refractivity contribution in [3.63, 3.8) is 0 Å². The number of nitrogens with one attached hydrogen (secondary N) is 1. The van der Waals surface area contributed by atoms with E-state index < -0.39 is 11.7 Å². The summed E-state index contributed by atoms with van der Waals surface area (Å²) in [6, 6.07) is 10.7. The first-order valence-corrected chi connectivity index (χ1v) is 9.04. The number of rotatable bonds is 8. The smallest absolute Gasteiger partial charge is 0.258 e. The zero-order valence-electron chi connectivity index (χ0n) is 15.7. The minimum atomic E-state index is -0.603. The largest absolute Gasteiger partial charge is 0.395 e. The van der Waals surface area contributed by atoms with Crippen LogP contribution in [-0.2, 0) is 0 Å². The lowest BCUT2D eigenvalue weighted by Gasteiger charge is -2.22. The molecule has 0 aromatic heterocycles. The summed E-state index contributed by atoms with van der Waals surface area (Å²) >= 11 is 0. The van der Waals surface area contributed by atoms with Crippen molar-refractivity contribution in [1.82, 2.24) is 4.90 Å². The summed E-state index contributed by atoms with van der Waals surface area (Å²) in [4.78, 5) is 26.7. The molecule has 2 N–H and O–H groups in total. The molecule has 0 heterocycles. The van der Waals surface area contributed by atoms with Crippen LogP contribution in [0.5, 0.6) is 0 Å². The predicted molar refractivity (Wildman–Crippen MR) is 103 cm³/mol. The van der Waals surface area contributed by atoms with Gasteiger partial charge in [-0.25, -0.2) is 4.39 Å². The standard InChI is InChI=1S/C21H25FN2O3/c1-3-4-11-24(12-13-25)21(27)16-10-9-15(2)19(14-16)23-20(26)17-7-5-6-8-18(17)22/h5-10,14,25H,3-4,11-13H2,1-2H3,(H,23,26). The van der Waals surface area contributed by atoms with Crippen LogP contribution in [0.3, 0.4) is 0 Å². The van der Waals surface area contributed by atoms with E-state index in [0.29, 0.717) is 17.8 Å². The van der Waals surface area contributed by atoms with Gasteiger partial charge in [-0.3, -0.25) is 9.59 Å². The number of hydrogen-bond donors (Lipinski definition) is 2. The van der Waals surface area contributed by atoms with Crippen LogP contribution in [0.2, 0.25) is 0 Å². The summed E-state index contributed by atoms with van der Waals surface area (Å²) in [6.07, 6.45) is 1.78. The van der Waals surface area contributed by atoms with E-state index >= 15 is 0 Å². The summed E-state index contributed by atoms with van der Waals surface area (Å²) in [5.41, 5.74) is 1.57. The quantitative estimate of drug-likeness (QED) is 0.744. The van der Waals surface area contributed by atoms with Crippen LogP contribution < -0.4 is 5.32 Å². The molecule has 2 amide bonds. The average Bonchev–Trinajstić information content (AvgIpc) is 2.66. The minimum Gasteiger partial charge on any atom is -0.395 e. The maximum atomic E-state index is 13.8. The van der Waals surface area contributed by atoms with Crippen molar-refractivity contribution in [2.45, 2.75) is 26.7 Å². The van der Waals surface area contributed by atoms with E-state index in [-0.39, 0.29) is 24.6 Å². The fourth-order valence-corrected chi connectivity index (χ4v) is 2.69. The van der Waals surface area contributed by atoms with Crippen LogP contribution in [0.1, 0.15) is 46.0 Å². The maximum Gasteiger partial charge on any atom is 0.258 e. The summed E-state index contributed by atoms with van der Waals surface area (Å²) in [5.74, 6) is -1.38. The van der Waals surface area contributed by atoms with E-state index in [1.165, 1.54) is 18.2 Å². The van der Waals surface area contributed by atoms with Crippen LogP contribution in [0.15, 0.2) is 42.5 Å². The number of aryl methyl sites for hydroxylation is 1. The first kappa shape index (κ1) is 20.6. The molecule has 5 nitrogen and oxygen atoms in total. The molecule has 0 aliphatic rings. The molecule has 2 aromatic rings. The van der Waals surface area contributed by atoms with E-state index in [1.807, 2.05) is 6.92 Å². The molecule has 0 unspecified atom stereocenters. The Morgan fingerprint density at radius 3 is 2.56 bits per heavy atom. The molecule has 0 atom stereocenters. The van der Waals surface area contributed by atoms with Gasteiger partial charge in [-0.15, -0.1) is 0 Å². The van der Waals surface area contributed by atoms with Gasteiger partial charge < -0.3 is 15.3 Å². The molecule has 2 rings (SSSR count). The lowest BCUT2D eigenvalue weighted by atomic mass is 10.1. The van der Waals surface area contributed by atoms with Crippen LogP contribution in [0.4, 0.5) is 10.1 Å². The Labute approximate surface area is 158 Å². The number of aliphatic hydroxyl groups excluding tert-OH is 1. The van der Waals surface area contributed by atoms with Crippen molar-refractivity contribution >= 4 is 17.5 Å². The second-order valence-corrected chi connectivity index (χ2v) is 6.33. The fourth-order valence-electron chi connectivity index (χ4n) is 2.69. The van der Waals surface area contributed by atoms with Crippen LogP contribution in [0.25, 0.3) is 0 Å². The van der Waals surface area contributed by atoms with Gasteiger partial charge in [-0.1, -0.05) is 31.5 Å². The van der Waals surface area contributed by atoms with E-state index in [0.717, 1.165) is 18.4 Å². The molecular formula is C21H25FN2O3. The maximum absolute atomic E-state index is 13.8. The summed E-state index contributed by atoms with van der Waals surface area (Å²) in [7, 11) is 0. The third-order valence-electron chi connectivity index (χ3n) is 4.29. The van der Waals surface area contributed by atoms with Crippen LogP contribution in [0, 0.1) is 12.7 Å². The third kappa shape index (κ3) is 5.37. The first-order valence-electron chi connectivity index (χ1n) is 9.04. The van der Waals surface area contributed by atoms with E-state index in [4.69, 9.17) is 0 Å². The molecule has 0 saturated carbocycles. The number of benzene rings is 2. The Kier molecular flexibility index (Phi) is 7.49. The molecular weight excluding hydrogens is 347 g/mol. The first-order chi connectivity index (χ1) is 13.0. The SMILES string of the molecule is CCCCN(CCO)C(=O)c1ccc(C)c(NC(=O)c2ccccc2F)c1. The van der Waals surface area contributed by atoms with Crippen molar-refractivity contribution in [3.8, 4) is 0 Å². The molecule has 144 valence electrons.